The standard InChI is InChI=1S/C18H23Cl2N7O10P2S/c1-40(34,35)25-12-11(7-36-39(32,33)8-38(29,30)31)37-17(14(12)28)27-16-13(24-26-27)15(22-18(20)23-16)21-6-9-4-2-3-5-10(9)19/h2-5,11-12,14,17,25,28H,6-8H2,1H3,(H,32,33)(H,21,22,23)(H2,29,30,31)/t11-,12-,14-,17-/m1/s1. The summed E-state index contributed by atoms with van der Waals surface area (Å²) in [4.78, 5) is 36.0. The third kappa shape index (κ3) is 7.73. The summed E-state index contributed by atoms with van der Waals surface area (Å²) in [5.74, 6) is -1.31. The number of fused-ring (bicyclic) bond motifs is 1. The highest BCUT2D eigenvalue weighted by Gasteiger charge is 2.48. The highest BCUT2D eigenvalue weighted by Crippen LogP contribution is 2.55. The Balaban J connectivity index is 1.62. The Morgan fingerprint density at radius 2 is 1.88 bits per heavy atom. The average molecular weight is 662 g/mol. The molecule has 220 valence electrons. The molecule has 1 unspecified atom stereocenters. The Bertz CT molecular complexity index is 1610. The fraction of sp³-hybridized carbons (Fsp3) is 0.444. The molecule has 4 rings (SSSR count). The van der Waals surface area contributed by atoms with Crippen LogP contribution < -0.4 is 10.0 Å². The molecule has 0 amide bonds. The van der Waals surface area contributed by atoms with Crippen molar-refractivity contribution in [1.29, 1.82) is 0 Å². The van der Waals surface area contributed by atoms with Gasteiger partial charge >= 0.3 is 15.2 Å². The topological polar surface area (TPSA) is 248 Å². The normalized spacial score (nSPS) is 23.4. The lowest BCUT2D eigenvalue weighted by Gasteiger charge is -2.21. The van der Waals surface area contributed by atoms with E-state index in [1.54, 1.807) is 24.3 Å². The van der Waals surface area contributed by atoms with Crippen molar-refractivity contribution < 1.29 is 46.6 Å². The molecule has 2 aromatic heterocycles. The van der Waals surface area contributed by atoms with Gasteiger partial charge in [0, 0.05) is 11.6 Å². The number of aromatic nitrogens is 5. The minimum absolute atomic E-state index is 0.0142. The zero-order chi connectivity index (χ0) is 29.5. The number of anilines is 1. The fourth-order valence-electron chi connectivity index (χ4n) is 3.86. The summed E-state index contributed by atoms with van der Waals surface area (Å²) >= 11 is 12.3. The number of hydrogen-bond donors (Lipinski definition) is 6. The van der Waals surface area contributed by atoms with Crippen molar-refractivity contribution in [2.45, 2.75) is 31.0 Å². The smallest absolute Gasteiger partial charge is 0.340 e. The summed E-state index contributed by atoms with van der Waals surface area (Å²) in [6.45, 7) is -0.603. The number of ether oxygens (including phenoxy) is 1. The first kappa shape index (κ1) is 31.2. The lowest BCUT2D eigenvalue weighted by Crippen LogP contribution is -2.48. The van der Waals surface area contributed by atoms with Gasteiger partial charge in [-0.1, -0.05) is 35.0 Å². The van der Waals surface area contributed by atoms with E-state index in [9.17, 15) is 27.5 Å². The number of halogens is 2. The van der Waals surface area contributed by atoms with Crippen molar-refractivity contribution in [3.63, 3.8) is 0 Å². The number of hydrogen-bond acceptors (Lipinski definition) is 12. The van der Waals surface area contributed by atoms with Gasteiger partial charge in [-0.05, 0) is 23.2 Å². The van der Waals surface area contributed by atoms with E-state index >= 15 is 0 Å². The molecule has 0 aliphatic carbocycles. The van der Waals surface area contributed by atoms with Crippen LogP contribution in [-0.4, -0.2) is 90.2 Å². The summed E-state index contributed by atoms with van der Waals surface area (Å²) in [6, 6.07) is 5.62. The van der Waals surface area contributed by atoms with Crippen LogP contribution in [0.2, 0.25) is 10.3 Å². The Labute approximate surface area is 236 Å². The Morgan fingerprint density at radius 1 is 1.18 bits per heavy atom. The maximum absolute atomic E-state index is 12.1. The maximum Gasteiger partial charge on any atom is 0.340 e. The largest absolute Gasteiger partial charge is 0.387 e. The van der Waals surface area contributed by atoms with E-state index in [0.717, 1.165) is 16.5 Å². The van der Waals surface area contributed by atoms with E-state index in [0.29, 0.717) is 5.02 Å². The van der Waals surface area contributed by atoms with Crippen LogP contribution in [0.3, 0.4) is 0 Å². The quantitative estimate of drug-likeness (QED) is 0.122. The molecule has 1 aromatic carbocycles. The first-order chi connectivity index (χ1) is 18.5. The second-order valence-corrected chi connectivity index (χ2v) is 15.2. The van der Waals surface area contributed by atoms with Crippen LogP contribution in [0.1, 0.15) is 11.8 Å². The van der Waals surface area contributed by atoms with Crippen LogP contribution in [0.25, 0.3) is 11.2 Å². The van der Waals surface area contributed by atoms with Crippen LogP contribution in [0, 0.1) is 0 Å². The molecule has 3 heterocycles. The van der Waals surface area contributed by atoms with Crippen LogP contribution in [0.4, 0.5) is 5.82 Å². The van der Waals surface area contributed by atoms with E-state index in [1.807, 2.05) is 0 Å². The zero-order valence-corrected chi connectivity index (χ0v) is 24.4. The molecule has 0 bridgehead atoms. The Kier molecular flexibility index (Phi) is 9.22. The van der Waals surface area contributed by atoms with E-state index in [4.69, 9.17) is 42.2 Å². The number of benzene rings is 1. The van der Waals surface area contributed by atoms with Gasteiger partial charge in [0.25, 0.3) is 0 Å². The van der Waals surface area contributed by atoms with Crippen molar-refractivity contribution in [3.05, 3.63) is 40.1 Å². The predicted molar refractivity (Wildman–Crippen MR) is 141 cm³/mol. The molecular formula is C18H23Cl2N7O10P2S. The Hall–Kier alpha value is -1.79. The minimum atomic E-state index is -4.93. The second kappa shape index (κ2) is 11.8. The van der Waals surface area contributed by atoms with Crippen molar-refractivity contribution in [2.75, 3.05) is 24.1 Å². The Morgan fingerprint density at radius 3 is 2.52 bits per heavy atom. The van der Waals surface area contributed by atoms with Gasteiger partial charge in [-0.3, -0.25) is 9.13 Å². The van der Waals surface area contributed by atoms with Crippen molar-refractivity contribution >= 4 is 65.4 Å². The minimum Gasteiger partial charge on any atom is -0.387 e. The number of rotatable bonds is 11. The number of sulfonamides is 1. The molecule has 0 spiro atoms. The molecule has 5 atom stereocenters. The molecule has 22 heteroatoms. The van der Waals surface area contributed by atoms with E-state index in [2.05, 4.69) is 30.3 Å². The van der Waals surface area contributed by atoms with Gasteiger partial charge in [-0.2, -0.15) is 14.6 Å². The van der Waals surface area contributed by atoms with Gasteiger partial charge in [0.15, 0.2) is 29.1 Å². The van der Waals surface area contributed by atoms with Gasteiger partial charge in [0.2, 0.25) is 15.3 Å². The third-order valence-electron chi connectivity index (χ3n) is 5.47. The first-order valence-electron chi connectivity index (χ1n) is 11.1. The first-order valence-corrected chi connectivity index (χ1v) is 17.3. The molecule has 6 N–H and O–H groups in total. The molecule has 1 aliphatic heterocycles. The lowest BCUT2D eigenvalue weighted by molar-refractivity contribution is -0.0538. The summed E-state index contributed by atoms with van der Waals surface area (Å²) in [6.07, 6.45) is -3.73. The van der Waals surface area contributed by atoms with Crippen molar-refractivity contribution in [3.8, 4) is 0 Å². The second-order valence-electron chi connectivity index (χ2n) is 8.70. The van der Waals surface area contributed by atoms with E-state index in [-0.39, 0.29) is 28.8 Å². The van der Waals surface area contributed by atoms with Gasteiger partial charge in [0.1, 0.15) is 12.2 Å². The molecule has 17 nitrogen and oxygen atoms in total. The summed E-state index contributed by atoms with van der Waals surface area (Å²) < 4.78 is 60.9. The van der Waals surface area contributed by atoms with Crippen LogP contribution in [-0.2, 0) is 35.0 Å². The number of aliphatic hydroxyl groups excluding tert-OH is 1. The van der Waals surface area contributed by atoms with Gasteiger partial charge in [0.05, 0.1) is 18.9 Å². The molecule has 0 saturated carbocycles. The van der Waals surface area contributed by atoms with E-state index in [1.165, 1.54) is 0 Å². The SMILES string of the molecule is CS(=O)(=O)N[C@H]1[C@@H](O)[C@H](n2nnc3c(NCc4ccccc4Cl)nc(Cl)nc32)O[C@@H]1COP(=O)(O)CP(=O)(O)O. The number of nitrogens with zero attached hydrogens (tertiary/aromatic N) is 5. The van der Waals surface area contributed by atoms with Crippen molar-refractivity contribution in [2.24, 2.45) is 0 Å². The summed E-state index contributed by atoms with van der Waals surface area (Å²) in [7, 11) is -13.7. The monoisotopic (exact) mass is 661 g/mol. The molecule has 1 aliphatic rings. The number of nitrogens with one attached hydrogen (secondary N) is 2. The molecule has 1 fully saturated rings. The molecule has 40 heavy (non-hydrogen) atoms. The molecular weight excluding hydrogens is 639 g/mol. The maximum atomic E-state index is 12.1. The van der Waals surface area contributed by atoms with Gasteiger partial charge < -0.3 is 34.4 Å². The average Bonchev–Trinajstić information content (AvgIpc) is 3.35. The predicted octanol–water partition coefficient (Wildman–Crippen LogP) is 0.653. The molecule has 1 saturated heterocycles. The highest BCUT2D eigenvalue weighted by atomic mass is 35.5. The lowest BCUT2D eigenvalue weighted by atomic mass is 10.1. The summed E-state index contributed by atoms with van der Waals surface area (Å²) in [5.41, 5.74) is 0.840. The van der Waals surface area contributed by atoms with Crippen molar-refractivity contribution in [1.82, 2.24) is 29.7 Å². The summed E-state index contributed by atoms with van der Waals surface area (Å²) in [5, 5.41) is 22.3. The van der Waals surface area contributed by atoms with Crippen LogP contribution >= 0.6 is 38.4 Å². The van der Waals surface area contributed by atoms with Gasteiger partial charge in [-0.15, -0.1) is 5.10 Å². The molecule has 3 aromatic rings. The van der Waals surface area contributed by atoms with Crippen LogP contribution in [0.5, 0.6) is 0 Å². The van der Waals surface area contributed by atoms with Gasteiger partial charge in [-0.25, -0.2) is 13.1 Å². The van der Waals surface area contributed by atoms with E-state index < -0.39 is 62.2 Å². The number of aliphatic hydroxyl groups is 1. The fourth-order valence-corrected chi connectivity index (χ4v) is 7.58. The molecule has 0 radical (unpaired) electrons. The highest BCUT2D eigenvalue weighted by molar-refractivity contribution is 7.88. The third-order valence-corrected chi connectivity index (χ3v) is 10.2. The van der Waals surface area contributed by atoms with Crippen LogP contribution in [0.15, 0.2) is 24.3 Å². The zero-order valence-electron chi connectivity index (χ0n) is 20.3.